The van der Waals surface area contributed by atoms with E-state index < -0.39 is 0 Å². The van der Waals surface area contributed by atoms with Gasteiger partial charge in [-0.15, -0.1) is 6.58 Å². The van der Waals surface area contributed by atoms with Crippen molar-refractivity contribution in [3.8, 4) is 5.75 Å². The van der Waals surface area contributed by atoms with Gasteiger partial charge < -0.3 is 4.74 Å². The summed E-state index contributed by atoms with van der Waals surface area (Å²) in [4.78, 5) is 11.8. The fourth-order valence-electron chi connectivity index (χ4n) is 1.94. The number of amides is 1. The van der Waals surface area contributed by atoms with Gasteiger partial charge in [-0.3, -0.25) is 4.79 Å². The standard InChI is InChI=1S/C18H16Cl2N2O2/c1-2-6-13-7-3-4-10-16(13)24-12-17(23)22-21-11-14-8-5-9-15(19)18(14)20/h2-5,7-11H,1,6,12H2,(H,22,23). The van der Waals surface area contributed by atoms with Crippen molar-refractivity contribution in [2.24, 2.45) is 5.10 Å². The molecule has 0 aliphatic rings. The van der Waals surface area contributed by atoms with Crippen molar-refractivity contribution in [1.82, 2.24) is 5.43 Å². The van der Waals surface area contributed by atoms with E-state index in [0.29, 0.717) is 27.8 Å². The first-order valence-electron chi connectivity index (χ1n) is 7.19. The lowest BCUT2D eigenvalue weighted by Crippen LogP contribution is -2.24. The smallest absolute Gasteiger partial charge is 0.277 e. The van der Waals surface area contributed by atoms with Gasteiger partial charge in [0.15, 0.2) is 6.61 Å². The molecule has 1 amide bonds. The van der Waals surface area contributed by atoms with E-state index >= 15 is 0 Å². The van der Waals surface area contributed by atoms with E-state index in [1.807, 2.05) is 18.2 Å². The van der Waals surface area contributed by atoms with E-state index in [-0.39, 0.29) is 12.5 Å². The Labute approximate surface area is 150 Å². The fourth-order valence-corrected chi connectivity index (χ4v) is 2.29. The first-order valence-corrected chi connectivity index (χ1v) is 7.95. The molecule has 0 saturated heterocycles. The number of nitrogens with one attached hydrogen (secondary N) is 1. The van der Waals surface area contributed by atoms with Gasteiger partial charge in [-0.2, -0.15) is 5.10 Å². The molecule has 4 nitrogen and oxygen atoms in total. The maximum absolute atomic E-state index is 11.8. The molecular formula is C18H16Cl2N2O2. The van der Waals surface area contributed by atoms with Gasteiger partial charge in [0.05, 0.1) is 16.3 Å². The van der Waals surface area contributed by atoms with Crippen LogP contribution in [0.15, 0.2) is 60.2 Å². The third-order valence-corrected chi connectivity index (χ3v) is 3.90. The Morgan fingerprint density at radius 2 is 2.00 bits per heavy atom. The highest BCUT2D eigenvalue weighted by atomic mass is 35.5. The molecule has 124 valence electrons. The van der Waals surface area contributed by atoms with Crippen molar-refractivity contribution >= 4 is 35.3 Å². The van der Waals surface area contributed by atoms with Gasteiger partial charge in [-0.05, 0) is 24.1 Å². The molecule has 0 atom stereocenters. The Hall–Kier alpha value is -2.30. The van der Waals surface area contributed by atoms with E-state index in [9.17, 15) is 4.79 Å². The molecule has 0 aliphatic heterocycles. The summed E-state index contributed by atoms with van der Waals surface area (Å²) in [5.41, 5.74) is 3.96. The van der Waals surface area contributed by atoms with Crippen LogP contribution in [0.4, 0.5) is 0 Å². The van der Waals surface area contributed by atoms with Crippen molar-refractivity contribution in [3.63, 3.8) is 0 Å². The van der Waals surface area contributed by atoms with Gasteiger partial charge in [-0.1, -0.05) is 59.6 Å². The van der Waals surface area contributed by atoms with E-state index in [1.54, 1.807) is 30.3 Å². The number of halogens is 2. The van der Waals surface area contributed by atoms with Gasteiger partial charge in [-0.25, -0.2) is 5.43 Å². The van der Waals surface area contributed by atoms with E-state index in [2.05, 4.69) is 17.1 Å². The number of allylic oxidation sites excluding steroid dienone is 1. The molecule has 0 spiro atoms. The topological polar surface area (TPSA) is 50.7 Å². The van der Waals surface area contributed by atoms with E-state index in [1.165, 1.54) is 6.21 Å². The summed E-state index contributed by atoms with van der Waals surface area (Å²) in [7, 11) is 0. The molecule has 0 aliphatic carbocycles. The Balaban J connectivity index is 1.89. The molecule has 24 heavy (non-hydrogen) atoms. The van der Waals surface area contributed by atoms with Crippen LogP contribution in [0, 0.1) is 0 Å². The number of nitrogens with zero attached hydrogens (tertiary/aromatic N) is 1. The lowest BCUT2D eigenvalue weighted by atomic mass is 10.1. The number of benzene rings is 2. The molecular weight excluding hydrogens is 347 g/mol. The molecule has 0 unspecified atom stereocenters. The van der Waals surface area contributed by atoms with Crippen LogP contribution in [0.1, 0.15) is 11.1 Å². The molecule has 0 fully saturated rings. The summed E-state index contributed by atoms with van der Waals surface area (Å²) in [5, 5.41) is 4.66. The Kier molecular flexibility index (Phi) is 6.85. The summed E-state index contributed by atoms with van der Waals surface area (Å²) in [6, 6.07) is 12.6. The van der Waals surface area contributed by atoms with Crippen molar-refractivity contribution in [3.05, 3.63) is 76.3 Å². The molecule has 6 heteroatoms. The lowest BCUT2D eigenvalue weighted by Gasteiger charge is -2.09. The second-order valence-electron chi connectivity index (χ2n) is 4.83. The van der Waals surface area contributed by atoms with Crippen LogP contribution in [0.25, 0.3) is 0 Å². The first-order chi connectivity index (χ1) is 11.6. The average molecular weight is 363 g/mol. The molecule has 2 aromatic carbocycles. The van der Waals surface area contributed by atoms with Crippen molar-refractivity contribution < 1.29 is 9.53 Å². The van der Waals surface area contributed by atoms with Gasteiger partial charge in [0, 0.05) is 5.56 Å². The maximum Gasteiger partial charge on any atom is 0.277 e. The second kappa shape index (κ2) is 9.11. The number of ether oxygens (including phenoxy) is 1. The number of hydrogen-bond acceptors (Lipinski definition) is 3. The third-order valence-electron chi connectivity index (χ3n) is 3.07. The molecule has 0 heterocycles. The first kappa shape index (κ1) is 18.0. The second-order valence-corrected chi connectivity index (χ2v) is 5.61. The third kappa shape index (κ3) is 5.11. The van der Waals surface area contributed by atoms with Gasteiger partial charge in [0.25, 0.3) is 5.91 Å². The number of hydrazone groups is 1. The SMILES string of the molecule is C=CCc1ccccc1OCC(=O)NN=Cc1cccc(Cl)c1Cl. The number of carbonyl (C=O) groups is 1. The normalized spacial score (nSPS) is 10.6. The van der Waals surface area contributed by atoms with Crippen LogP contribution in [0.3, 0.4) is 0 Å². The minimum absolute atomic E-state index is 0.144. The fraction of sp³-hybridized carbons (Fsp3) is 0.111. The van der Waals surface area contributed by atoms with Gasteiger partial charge in [0.2, 0.25) is 0 Å². The highest BCUT2D eigenvalue weighted by molar-refractivity contribution is 6.43. The van der Waals surface area contributed by atoms with Crippen LogP contribution in [0.2, 0.25) is 10.0 Å². The number of para-hydroxylation sites is 1. The summed E-state index contributed by atoms with van der Waals surface area (Å²) in [6.07, 6.45) is 3.88. The Morgan fingerprint density at radius 1 is 1.21 bits per heavy atom. The molecule has 0 aromatic heterocycles. The largest absolute Gasteiger partial charge is 0.483 e. The molecule has 2 aromatic rings. The molecule has 0 bridgehead atoms. The molecule has 2 rings (SSSR count). The predicted octanol–water partition coefficient (Wildman–Crippen LogP) is 4.25. The van der Waals surface area contributed by atoms with Crippen LogP contribution in [-0.2, 0) is 11.2 Å². The predicted molar refractivity (Wildman–Crippen MR) is 98.0 cm³/mol. The van der Waals surface area contributed by atoms with Crippen LogP contribution in [0.5, 0.6) is 5.75 Å². The summed E-state index contributed by atoms with van der Waals surface area (Å²) in [5.74, 6) is 0.271. The zero-order chi connectivity index (χ0) is 17.4. The van der Waals surface area contributed by atoms with Crippen LogP contribution < -0.4 is 10.2 Å². The number of hydrogen-bond donors (Lipinski definition) is 1. The number of carbonyl (C=O) groups excluding carboxylic acids is 1. The minimum atomic E-state index is -0.377. The minimum Gasteiger partial charge on any atom is -0.483 e. The quantitative estimate of drug-likeness (QED) is 0.454. The Bertz CT molecular complexity index is 760. The summed E-state index contributed by atoms with van der Waals surface area (Å²) >= 11 is 11.9. The molecule has 1 N–H and O–H groups in total. The summed E-state index contributed by atoms with van der Waals surface area (Å²) in [6.45, 7) is 3.56. The average Bonchev–Trinajstić information content (AvgIpc) is 2.58. The van der Waals surface area contributed by atoms with Crippen molar-refractivity contribution in [2.45, 2.75) is 6.42 Å². The van der Waals surface area contributed by atoms with Crippen LogP contribution in [-0.4, -0.2) is 18.7 Å². The zero-order valence-electron chi connectivity index (χ0n) is 12.8. The van der Waals surface area contributed by atoms with E-state index in [0.717, 1.165) is 5.56 Å². The Morgan fingerprint density at radius 3 is 2.79 bits per heavy atom. The molecule has 0 radical (unpaired) electrons. The summed E-state index contributed by atoms with van der Waals surface area (Å²) < 4.78 is 5.52. The lowest BCUT2D eigenvalue weighted by molar-refractivity contribution is -0.123. The van der Waals surface area contributed by atoms with Crippen molar-refractivity contribution in [1.29, 1.82) is 0 Å². The van der Waals surface area contributed by atoms with Crippen molar-refractivity contribution in [2.75, 3.05) is 6.61 Å². The monoisotopic (exact) mass is 362 g/mol. The van der Waals surface area contributed by atoms with Gasteiger partial charge >= 0.3 is 0 Å². The number of rotatable bonds is 7. The van der Waals surface area contributed by atoms with Crippen LogP contribution >= 0.6 is 23.2 Å². The van der Waals surface area contributed by atoms with E-state index in [4.69, 9.17) is 27.9 Å². The maximum atomic E-state index is 11.8. The highest BCUT2D eigenvalue weighted by Crippen LogP contribution is 2.24. The zero-order valence-corrected chi connectivity index (χ0v) is 14.3. The van der Waals surface area contributed by atoms with Gasteiger partial charge in [0.1, 0.15) is 5.75 Å². The molecule has 0 saturated carbocycles. The highest BCUT2D eigenvalue weighted by Gasteiger charge is 2.05.